The van der Waals surface area contributed by atoms with Gasteiger partial charge < -0.3 is 9.80 Å². The van der Waals surface area contributed by atoms with Crippen molar-refractivity contribution in [2.24, 2.45) is 5.92 Å². The predicted molar refractivity (Wildman–Crippen MR) is 119 cm³/mol. The van der Waals surface area contributed by atoms with Crippen molar-refractivity contribution in [3.05, 3.63) is 51.7 Å². The summed E-state index contributed by atoms with van der Waals surface area (Å²) in [7, 11) is 0. The Bertz CT molecular complexity index is 923. The Morgan fingerprint density at radius 1 is 1.06 bits per heavy atom. The van der Waals surface area contributed by atoms with Crippen LogP contribution < -0.4 is 0 Å². The van der Waals surface area contributed by atoms with Crippen LogP contribution in [0.3, 0.4) is 0 Å². The Balaban J connectivity index is 1.34. The summed E-state index contributed by atoms with van der Waals surface area (Å²) in [5.41, 5.74) is 1.32. The van der Waals surface area contributed by atoms with Crippen LogP contribution in [0.15, 0.2) is 29.6 Å². The first kappa shape index (κ1) is 21.9. The highest BCUT2D eigenvalue weighted by Gasteiger charge is 2.35. The maximum Gasteiger partial charge on any atom is 0.228 e. The average Bonchev–Trinajstić information content (AvgIpc) is 3.20. The molecule has 0 saturated carbocycles. The highest BCUT2D eigenvalue weighted by molar-refractivity contribution is 7.09. The fourth-order valence-corrected chi connectivity index (χ4v) is 5.57. The number of hydrogen-bond acceptors (Lipinski definition) is 4. The third kappa shape index (κ3) is 5.32. The smallest absolute Gasteiger partial charge is 0.228 e. The molecule has 1 aromatic carbocycles. The largest absolute Gasteiger partial charge is 0.342 e. The molecule has 166 valence electrons. The second kappa shape index (κ2) is 9.90. The number of rotatable bonds is 5. The highest BCUT2D eigenvalue weighted by Crippen LogP contribution is 2.31. The Labute approximate surface area is 187 Å². The fraction of sp³-hybridized carbons (Fsp3) is 0.542. The van der Waals surface area contributed by atoms with Gasteiger partial charge in [-0.25, -0.2) is 9.37 Å². The van der Waals surface area contributed by atoms with Crippen molar-refractivity contribution >= 4 is 23.2 Å². The van der Waals surface area contributed by atoms with Crippen LogP contribution in [-0.2, 0) is 22.4 Å². The van der Waals surface area contributed by atoms with Crippen LogP contribution in [0.4, 0.5) is 4.39 Å². The van der Waals surface area contributed by atoms with Crippen LogP contribution >= 0.6 is 11.3 Å². The van der Waals surface area contributed by atoms with Crippen molar-refractivity contribution in [3.63, 3.8) is 0 Å². The number of carbonyl (C=O) groups is 2. The maximum atomic E-state index is 14.0. The van der Waals surface area contributed by atoms with Crippen molar-refractivity contribution in [2.75, 3.05) is 19.6 Å². The first-order valence-electron chi connectivity index (χ1n) is 11.2. The number of aryl methyl sites for hydroxylation is 1. The zero-order valence-corrected chi connectivity index (χ0v) is 18.9. The van der Waals surface area contributed by atoms with Gasteiger partial charge in [-0.3, -0.25) is 9.59 Å². The molecule has 2 amide bonds. The summed E-state index contributed by atoms with van der Waals surface area (Å²) in [6.07, 6.45) is 5.44. The molecule has 31 heavy (non-hydrogen) atoms. The molecule has 2 fully saturated rings. The molecule has 0 aliphatic carbocycles. The second-order valence-corrected chi connectivity index (χ2v) is 9.73. The molecular formula is C24H30FN3O2S. The minimum absolute atomic E-state index is 0.0206. The number of halogens is 1. The van der Waals surface area contributed by atoms with Gasteiger partial charge in [0, 0.05) is 31.1 Å². The molecular weight excluding hydrogens is 413 g/mol. The summed E-state index contributed by atoms with van der Waals surface area (Å²) in [4.78, 5) is 34.0. The normalized spacial score (nSPS) is 20.1. The molecule has 2 aromatic rings. The fourth-order valence-electron chi connectivity index (χ4n) is 4.95. The summed E-state index contributed by atoms with van der Waals surface area (Å²) >= 11 is 1.57. The number of thiazole rings is 1. The van der Waals surface area contributed by atoms with Gasteiger partial charge in [0.25, 0.3) is 0 Å². The minimum atomic E-state index is -0.313. The van der Waals surface area contributed by atoms with Crippen LogP contribution in [0.25, 0.3) is 0 Å². The lowest BCUT2D eigenvalue weighted by atomic mass is 9.83. The topological polar surface area (TPSA) is 53.5 Å². The molecule has 4 rings (SSSR count). The Hall–Kier alpha value is -2.28. The summed E-state index contributed by atoms with van der Waals surface area (Å²) < 4.78 is 14.0. The number of hydrogen-bond donors (Lipinski definition) is 0. The van der Waals surface area contributed by atoms with E-state index in [0.29, 0.717) is 17.9 Å². The molecule has 2 aliphatic heterocycles. The van der Waals surface area contributed by atoms with E-state index in [1.807, 2.05) is 22.1 Å². The summed E-state index contributed by atoms with van der Waals surface area (Å²) in [5.74, 6) is 0.245. The third-order valence-electron chi connectivity index (χ3n) is 6.60. The van der Waals surface area contributed by atoms with E-state index in [-0.39, 0.29) is 30.1 Å². The van der Waals surface area contributed by atoms with Gasteiger partial charge in [-0.15, -0.1) is 11.3 Å². The van der Waals surface area contributed by atoms with Crippen molar-refractivity contribution in [1.82, 2.24) is 14.8 Å². The zero-order chi connectivity index (χ0) is 21.8. The average molecular weight is 444 g/mol. The van der Waals surface area contributed by atoms with Gasteiger partial charge in [-0.2, -0.15) is 0 Å². The Morgan fingerprint density at radius 2 is 1.84 bits per heavy atom. The molecule has 2 saturated heterocycles. The van der Waals surface area contributed by atoms with Crippen molar-refractivity contribution in [3.8, 4) is 0 Å². The number of likely N-dealkylation sites (tertiary alicyclic amines) is 2. The molecule has 0 radical (unpaired) electrons. The van der Waals surface area contributed by atoms with Crippen molar-refractivity contribution in [2.45, 2.75) is 57.9 Å². The number of carbonyl (C=O) groups excluding carboxylic acids is 2. The van der Waals surface area contributed by atoms with Crippen LogP contribution in [0.5, 0.6) is 0 Å². The van der Waals surface area contributed by atoms with Gasteiger partial charge in [-0.05, 0) is 56.6 Å². The van der Waals surface area contributed by atoms with Crippen LogP contribution in [0, 0.1) is 18.7 Å². The monoisotopic (exact) mass is 443 g/mol. The van der Waals surface area contributed by atoms with Crippen LogP contribution in [-0.4, -0.2) is 52.3 Å². The summed E-state index contributed by atoms with van der Waals surface area (Å²) in [5, 5.41) is 2.94. The highest BCUT2D eigenvalue weighted by atomic mass is 32.1. The number of piperidine rings is 2. The molecule has 2 aliphatic rings. The molecule has 1 atom stereocenters. The van der Waals surface area contributed by atoms with Crippen LogP contribution in [0.1, 0.15) is 48.4 Å². The quantitative estimate of drug-likeness (QED) is 0.702. The molecule has 7 heteroatoms. The maximum absolute atomic E-state index is 14.0. The van der Waals surface area contributed by atoms with E-state index < -0.39 is 0 Å². The van der Waals surface area contributed by atoms with E-state index in [0.717, 1.165) is 62.4 Å². The molecule has 1 aromatic heterocycles. The standard InChI is InChI=1S/C24H30FN3O2S/c1-17-26-20(16-31-17)15-23(29)27-12-9-18(10-13-27)22-8-4-5-11-28(22)24(30)14-19-6-2-3-7-21(19)25/h2-3,6-7,16,18,22H,4-5,8-15H2,1H3/t22-/m0/s1. The number of amides is 2. The Morgan fingerprint density at radius 3 is 2.55 bits per heavy atom. The number of nitrogens with zero attached hydrogens (tertiary/aromatic N) is 3. The van der Waals surface area contributed by atoms with Gasteiger partial charge in [0.2, 0.25) is 11.8 Å². The van der Waals surface area contributed by atoms with Crippen molar-refractivity contribution < 1.29 is 14.0 Å². The van der Waals surface area contributed by atoms with E-state index in [4.69, 9.17) is 0 Å². The molecule has 0 N–H and O–H groups in total. The van der Waals surface area contributed by atoms with Gasteiger partial charge in [-0.1, -0.05) is 18.2 Å². The molecule has 3 heterocycles. The number of benzene rings is 1. The second-order valence-electron chi connectivity index (χ2n) is 8.67. The van der Waals surface area contributed by atoms with Crippen LogP contribution in [0.2, 0.25) is 0 Å². The van der Waals surface area contributed by atoms with Gasteiger partial charge in [0.15, 0.2) is 0 Å². The lowest BCUT2D eigenvalue weighted by Crippen LogP contribution is -2.51. The summed E-state index contributed by atoms with van der Waals surface area (Å²) in [6.45, 7) is 4.17. The zero-order valence-electron chi connectivity index (χ0n) is 18.1. The van der Waals surface area contributed by atoms with Gasteiger partial charge in [0.05, 0.1) is 23.5 Å². The predicted octanol–water partition coefficient (Wildman–Crippen LogP) is 4.00. The molecule has 5 nitrogen and oxygen atoms in total. The molecule has 0 spiro atoms. The third-order valence-corrected chi connectivity index (χ3v) is 7.43. The van der Waals surface area contributed by atoms with E-state index in [9.17, 15) is 14.0 Å². The minimum Gasteiger partial charge on any atom is -0.342 e. The first-order chi connectivity index (χ1) is 15.0. The van der Waals surface area contributed by atoms with E-state index >= 15 is 0 Å². The Kier molecular flexibility index (Phi) is 7.00. The number of aromatic nitrogens is 1. The molecule has 0 bridgehead atoms. The SMILES string of the molecule is Cc1nc(CC(=O)N2CCC([C@@H]3CCCCN3C(=O)Cc3ccccc3F)CC2)cs1. The van der Waals surface area contributed by atoms with Gasteiger partial charge in [0.1, 0.15) is 5.82 Å². The first-order valence-corrected chi connectivity index (χ1v) is 12.1. The van der Waals surface area contributed by atoms with E-state index in [1.54, 1.807) is 29.5 Å². The van der Waals surface area contributed by atoms with Gasteiger partial charge >= 0.3 is 0 Å². The lowest BCUT2D eigenvalue weighted by molar-refractivity contribution is -0.138. The van der Waals surface area contributed by atoms with E-state index in [1.165, 1.54) is 6.07 Å². The van der Waals surface area contributed by atoms with E-state index in [2.05, 4.69) is 4.98 Å². The molecule has 0 unspecified atom stereocenters. The van der Waals surface area contributed by atoms with Crippen molar-refractivity contribution in [1.29, 1.82) is 0 Å². The lowest BCUT2D eigenvalue weighted by Gasteiger charge is -2.44. The summed E-state index contributed by atoms with van der Waals surface area (Å²) in [6, 6.07) is 6.73.